The predicted octanol–water partition coefficient (Wildman–Crippen LogP) is 2.93. The summed E-state index contributed by atoms with van der Waals surface area (Å²) in [7, 11) is 0. The average molecular weight is 365 g/mol. The molecule has 6 nitrogen and oxygen atoms in total. The number of carbonyl (C=O) groups is 1. The van der Waals surface area contributed by atoms with Gasteiger partial charge in [0.1, 0.15) is 0 Å². The highest BCUT2D eigenvalue weighted by Gasteiger charge is 2.27. The number of anilines is 2. The molecule has 0 bridgehead atoms. The maximum Gasteiger partial charge on any atom is 0.229 e. The van der Waals surface area contributed by atoms with Crippen molar-refractivity contribution in [3.63, 3.8) is 0 Å². The molecule has 142 valence electrons. The van der Waals surface area contributed by atoms with Crippen molar-refractivity contribution in [3.8, 4) is 0 Å². The maximum atomic E-state index is 12.7. The fourth-order valence-corrected chi connectivity index (χ4v) is 3.96. The Morgan fingerprint density at radius 2 is 1.78 bits per heavy atom. The predicted molar refractivity (Wildman–Crippen MR) is 107 cm³/mol. The number of piperidine rings is 1. The van der Waals surface area contributed by atoms with E-state index in [9.17, 15) is 4.79 Å². The first-order valence-corrected chi connectivity index (χ1v) is 9.92. The summed E-state index contributed by atoms with van der Waals surface area (Å²) in [5.41, 5.74) is 2.18. The van der Waals surface area contributed by atoms with Crippen LogP contribution < -0.4 is 10.2 Å². The molecule has 0 radical (unpaired) electrons. The maximum absolute atomic E-state index is 12.7. The summed E-state index contributed by atoms with van der Waals surface area (Å²) in [6.45, 7) is 4.97. The normalized spacial score (nSPS) is 20.6. The molecule has 0 unspecified atom stereocenters. The molecule has 0 aliphatic carbocycles. The van der Waals surface area contributed by atoms with Crippen molar-refractivity contribution in [2.24, 2.45) is 5.92 Å². The van der Waals surface area contributed by atoms with Crippen LogP contribution in [0.15, 0.2) is 42.7 Å². The molecule has 2 aliphatic rings. The van der Waals surface area contributed by atoms with Gasteiger partial charge in [0.05, 0.1) is 5.92 Å². The Morgan fingerprint density at radius 3 is 2.52 bits per heavy atom. The summed E-state index contributed by atoms with van der Waals surface area (Å²) in [6, 6.07) is 10.1. The van der Waals surface area contributed by atoms with E-state index in [1.807, 2.05) is 18.2 Å². The quantitative estimate of drug-likeness (QED) is 0.883. The molecular weight excluding hydrogens is 338 g/mol. The van der Waals surface area contributed by atoms with Gasteiger partial charge in [-0.25, -0.2) is 9.97 Å². The molecule has 1 amide bonds. The van der Waals surface area contributed by atoms with Crippen LogP contribution in [-0.2, 0) is 11.3 Å². The van der Waals surface area contributed by atoms with Gasteiger partial charge in [0.25, 0.3) is 0 Å². The number of hydrogen-bond acceptors (Lipinski definition) is 5. The molecular formula is C21H27N5O. The molecule has 0 spiro atoms. The summed E-state index contributed by atoms with van der Waals surface area (Å²) < 4.78 is 0. The minimum absolute atomic E-state index is 0.0353. The number of aromatic nitrogens is 2. The molecule has 6 heteroatoms. The van der Waals surface area contributed by atoms with Crippen LogP contribution in [0.3, 0.4) is 0 Å². The summed E-state index contributed by atoms with van der Waals surface area (Å²) in [5.74, 6) is 0.760. The van der Waals surface area contributed by atoms with Crippen LogP contribution in [0.4, 0.5) is 11.6 Å². The molecule has 3 heterocycles. The highest BCUT2D eigenvalue weighted by Crippen LogP contribution is 2.22. The molecule has 2 aromatic rings. The van der Waals surface area contributed by atoms with Gasteiger partial charge < -0.3 is 10.2 Å². The van der Waals surface area contributed by atoms with Gasteiger partial charge in [0.15, 0.2) is 0 Å². The van der Waals surface area contributed by atoms with Crippen LogP contribution in [0.2, 0.25) is 0 Å². The highest BCUT2D eigenvalue weighted by molar-refractivity contribution is 5.93. The van der Waals surface area contributed by atoms with Crippen molar-refractivity contribution in [1.82, 2.24) is 14.9 Å². The zero-order valence-corrected chi connectivity index (χ0v) is 15.7. The van der Waals surface area contributed by atoms with Crippen LogP contribution in [0, 0.1) is 5.92 Å². The third-order valence-corrected chi connectivity index (χ3v) is 5.45. The van der Waals surface area contributed by atoms with Crippen molar-refractivity contribution in [3.05, 3.63) is 48.3 Å². The molecule has 27 heavy (non-hydrogen) atoms. The van der Waals surface area contributed by atoms with Gasteiger partial charge in [-0.15, -0.1) is 0 Å². The van der Waals surface area contributed by atoms with E-state index in [4.69, 9.17) is 0 Å². The van der Waals surface area contributed by atoms with Gasteiger partial charge in [-0.05, 0) is 62.5 Å². The third-order valence-electron chi connectivity index (χ3n) is 5.45. The van der Waals surface area contributed by atoms with Crippen LogP contribution in [0.1, 0.15) is 31.2 Å². The van der Waals surface area contributed by atoms with Crippen LogP contribution >= 0.6 is 0 Å². The summed E-state index contributed by atoms with van der Waals surface area (Å²) in [6.07, 6.45) is 7.99. The first-order chi connectivity index (χ1) is 13.3. The van der Waals surface area contributed by atoms with Gasteiger partial charge in [-0.2, -0.15) is 0 Å². The number of nitrogens with zero attached hydrogens (tertiary/aromatic N) is 4. The van der Waals surface area contributed by atoms with Crippen molar-refractivity contribution in [1.29, 1.82) is 0 Å². The lowest BCUT2D eigenvalue weighted by Crippen LogP contribution is -2.41. The van der Waals surface area contributed by atoms with E-state index in [0.29, 0.717) is 12.5 Å². The Morgan fingerprint density at radius 1 is 1.04 bits per heavy atom. The Balaban J connectivity index is 1.32. The monoisotopic (exact) mass is 365 g/mol. The van der Waals surface area contributed by atoms with E-state index in [-0.39, 0.29) is 11.8 Å². The standard InChI is InChI=1S/C21H27N5O/c27-20(18-5-3-14-26(16-18)21-22-10-4-11-23-21)24-19-8-6-17(7-9-19)15-25-12-1-2-13-25/h4,6-11,18H,1-3,5,12-16H2,(H,24,27)/t18-/m1/s1. The van der Waals surface area contributed by atoms with Crippen molar-refractivity contribution in [2.45, 2.75) is 32.2 Å². The lowest BCUT2D eigenvalue weighted by atomic mass is 9.97. The summed E-state index contributed by atoms with van der Waals surface area (Å²) >= 11 is 0. The topological polar surface area (TPSA) is 61.4 Å². The second-order valence-electron chi connectivity index (χ2n) is 7.50. The zero-order chi connectivity index (χ0) is 18.5. The average Bonchev–Trinajstić information content (AvgIpc) is 3.23. The first-order valence-electron chi connectivity index (χ1n) is 9.92. The molecule has 1 N–H and O–H groups in total. The fourth-order valence-electron chi connectivity index (χ4n) is 3.96. The minimum atomic E-state index is -0.0353. The summed E-state index contributed by atoms with van der Waals surface area (Å²) in [5, 5.41) is 3.08. The molecule has 1 atom stereocenters. The van der Waals surface area contributed by atoms with Crippen LogP contribution in [-0.4, -0.2) is 47.0 Å². The van der Waals surface area contributed by atoms with E-state index in [1.54, 1.807) is 12.4 Å². The van der Waals surface area contributed by atoms with E-state index in [1.165, 1.54) is 31.5 Å². The van der Waals surface area contributed by atoms with Gasteiger partial charge in [0.2, 0.25) is 11.9 Å². The Bertz CT molecular complexity index is 743. The third kappa shape index (κ3) is 4.63. The second kappa shape index (κ2) is 8.48. The Labute approximate surface area is 160 Å². The largest absolute Gasteiger partial charge is 0.340 e. The Kier molecular flexibility index (Phi) is 5.63. The van der Waals surface area contributed by atoms with Gasteiger partial charge in [-0.3, -0.25) is 9.69 Å². The second-order valence-corrected chi connectivity index (χ2v) is 7.50. The molecule has 0 saturated carbocycles. The van der Waals surface area contributed by atoms with Crippen molar-refractivity contribution < 1.29 is 4.79 Å². The minimum Gasteiger partial charge on any atom is -0.340 e. The van der Waals surface area contributed by atoms with E-state index < -0.39 is 0 Å². The highest BCUT2D eigenvalue weighted by atomic mass is 16.1. The molecule has 1 aromatic heterocycles. The number of amides is 1. The van der Waals surface area contributed by atoms with Gasteiger partial charge in [-0.1, -0.05) is 12.1 Å². The smallest absolute Gasteiger partial charge is 0.229 e. The van der Waals surface area contributed by atoms with Gasteiger partial charge >= 0.3 is 0 Å². The lowest BCUT2D eigenvalue weighted by Gasteiger charge is -2.31. The number of hydrogen-bond donors (Lipinski definition) is 1. The molecule has 4 rings (SSSR count). The van der Waals surface area contributed by atoms with E-state index in [2.05, 4.69) is 37.2 Å². The van der Waals surface area contributed by atoms with Crippen LogP contribution in [0.5, 0.6) is 0 Å². The molecule has 2 aliphatic heterocycles. The number of benzene rings is 1. The first kappa shape index (κ1) is 17.9. The van der Waals surface area contributed by atoms with Crippen molar-refractivity contribution >= 4 is 17.5 Å². The summed E-state index contributed by atoms with van der Waals surface area (Å²) in [4.78, 5) is 25.9. The van der Waals surface area contributed by atoms with E-state index >= 15 is 0 Å². The lowest BCUT2D eigenvalue weighted by molar-refractivity contribution is -0.120. The van der Waals surface area contributed by atoms with Crippen molar-refractivity contribution in [2.75, 3.05) is 36.4 Å². The SMILES string of the molecule is O=C(Nc1ccc(CN2CCCC2)cc1)[C@@H]1CCCN(c2ncccn2)C1. The molecule has 2 saturated heterocycles. The number of nitrogens with one attached hydrogen (secondary N) is 1. The molecule has 2 fully saturated rings. The number of carbonyl (C=O) groups excluding carboxylic acids is 1. The van der Waals surface area contributed by atoms with Gasteiger partial charge in [0, 0.05) is 37.7 Å². The number of likely N-dealkylation sites (tertiary alicyclic amines) is 1. The Hall–Kier alpha value is -2.47. The van der Waals surface area contributed by atoms with Crippen LogP contribution in [0.25, 0.3) is 0 Å². The number of rotatable bonds is 5. The fraction of sp³-hybridized carbons (Fsp3) is 0.476. The molecule has 1 aromatic carbocycles. The van der Waals surface area contributed by atoms with E-state index in [0.717, 1.165) is 31.6 Å². The zero-order valence-electron chi connectivity index (χ0n) is 15.7.